The first kappa shape index (κ1) is 18.2. The smallest absolute Gasteiger partial charge is 0.222 e. The molecule has 2 fully saturated rings. The predicted octanol–water partition coefficient (Wildman–Crippen LogP) is 1.42. The molecule has 2 aliphatic rings. The van der Waals surface area contributed by atoms with E-state index in [9.17, 15) is 13.6 Å². The van der Waals surface area contributed by atoms with Crippen LogP contribution in [0.3, 0.4) is 0 Å². The van der Waals surface area contributed by atoms with Gasteiger partial charge in [-0.05, 0) is 30.5 Å². The number of benzene rings is 1. The molecule has 0 radical (unpaired) electrons. The van der Waals surface area contributed by atoms with Crippen LogP contribution >= 0.6 is 0 Å². The molecule has 138 valence electrons. The molecule has 5 nitrogen and oxygen atoms in total. The van der Waals surface area contributed by atoms with Crippen LogP contribution < -0.4 is 10.6 Å². The minimum absolute atomic E-state index is 0.0350. The van der Waals surface area contributed by atoms with Crippen molar-refractivity contribution in [3.05, 3.63) is 35.4 Å². The van der Waals surface area contributed by atoms with Gasteiger partial charge in [-0.3, -0.25) is 9.69 Å². The van der Waals surface area contributed by atoms with Gasteiger partial charge in [0.1, 0.15) is 0 Å². The number of piperidine rings is 1. The van der Waals surface area contributed by atoms with Crippen LogP contribution in [0.4, 0.5) is 8.78 Å². The summed E-state index contributed by atoms with van der Waals surface area (Å²) in [7, 11) is 0. The molecule has 2 N–H and O–H groups in total. The number of rotatable bonds is 5. The normalized spacial score (nSPS) is 22.7. The maximum atomic E-state index is 13.3. The molecule has 0 spiro atoms. The number of carbonyl (C=O) groups is 1. The second-order valence-electron chi connectivity index (χ2n) is 6.77. The lowest BCUT2D eigenvalue weighted by molar-refractivity contribution is -0.125. The summed E-state index contributed by atoms with van der Waals surface area (Å²) in [6, 6.07) is 4.20. The van der Waals surface area contributed by atoms with Crippen molar-refractivity contribution in [3.63, 3.8) is 0 Å². The Hall–Kier alpha value is -1.57. The minimum Gasteiger partial charge on any atom is -0.375 e. The number of nitrogens with one attached hydrogen (secondary N) is 2. The first-order valence-electron chi connectivity index (χ1n) is 8.88. The highest BCUT2D eigenvalue weighted by Gasteiger charge is 2.23. The second-order valence-corrected chi connectivity index (χ2v) is 6.77. The average molecular weight is 353 g/mol. The number of likely N-dealkylation sites (tertiary alicyclic amines) is 1. The number of ether oxygens (including phenoxy) is 1. The summed E-state index contributed by atoms with van der Waals surface area (Å²) in [4.78, 5) is 14.3. The zero-order chi connectivity index (χ0) is 17.6. The molecule has 1 aromatic rings. The van der Waals surface area contributed by atoms with Crippen LogP contribution in [0, 0.1) is 11.6 Å². The monoisotopic (exact) mass is 353 g/mol. The summed E-state index contributed by atoms with van der Waals surface area (Å²) >= 11 is 0. The van der Waals surface area contributed by atoms with Gasteiger partial charge in [-0.15, -0.1) is 0 Å². The molecule has 1 atom stereocenters. The van der Waals surface area contributed by atoms with Gasteiger partial charge in [-0.25, -0.2) is 8.78 Å². The van der Waals surface area contributed by atoms with Crippen LogP contribution in [0.15, 0.2) is 18.2 Å². The van der Waals surface area contributed by atoms with Gasteiger partial charge in [0.15, 0.2) is 11.6 Å². The van der Waals surface area contributed by atoms with Crippen molar-refractivity contribution in [1.82, 2.24) is 15.5 Å². The van der Waals surface area contributed by atoms with E-state index in [4.69, 9.17) is 4.74 Å². The van der Waals surface area contributed by atoms with E-state index in [1.165, 1.54) is 12.1 Å². The van der Waals surface area contributed by atoms with E-state index in [0.717, 1.165) is 44.6 Å². The van der Waals surface area contributed by atoms with E-state index >= 15 is 0 Å². The number of hydrogen-bond donors (Lipinski definition) is 2. The number of halogens is 2. The molecule has 0 aliphatic carbocycles. The van der Waals surface area contributed by atoms with Crippen molar-refractivity contribution >= 4 is 5.91 Å². The van der Waals surface area contributed by atoms with Crippen LogP contribution in [-0.2, 0) is 16.1 Å². The molecule has 1 unspecified atom stereocenters. The molecule has 25 heavy (non-hydrogen) atoms. The van der Waals surface area contributed by atoms with Gasteiger partial charge >= 0.3 is 0 Å². The molecule has 3 rings (SSSR count). The standard InChI is InChI=1S/C18H25F2N3O2/c19-16-2-1-13(9-17(16)20)12-23-6-3-14(4-7-23)22-18(24)10-15-11-21-5-8-25-15/h1-2,9,14-15,21H,3-8,10-12H2,(H,22,24). The van der Waals surface area contributed by atoms with Gasteiger partial charge in [0.2, 0.25) is 5.91 Å². The summed E-state index contributed by atoms with van der Waals surface area (Å²) in [5.41, 5.74) is 0.767. The minimum atomic E-state index is -0.817. The van der Waals surface area contributed by atoms with E-state index < -0.39 is 11.6 Å². The molecule has 0 aromatic heterocycles. The number of amides is 1. The number of carbonyl (C=O) groups excluding carboxylic acids is 1. The van der Waals surface area contributed by atoms with Gasteiger partial charge in [0.05, 0.1) is 19.1 Å². The molecule has 0 saturated carbocycles. The third-order valence-corrected chi connectivity index (χ3v) is 4.76. The largest absolute Gasteiger partial charge is 0.375 e. The SMILES string of the molecule is O=C(CC1CNCCO1)NC1CCN(Cc2ccc(F)c(F)c2)CC1. The van der Waals surface area contributed by atoms with Gasteiger partial charge in [-0.1, -0.05) is 6.07 Å². The van der Waals surface area contributed by atoms with Crippen molar-refractivity contribution in [3.8, 4) is 0 Å². The van der Waals surface area contributed by atoms with Gasteiger partial charge in [0, 0.05) is 38.8 Å². The highest BCUT2D eigenvalue weighted by Crippen LogP contribution is 2.16. The number of nitrogens with zero attached hydrogens (tertiary/aromatic N) is 1. The van der Waals surface area contributed by atoms with Crippen LogP contribution in [0.1, 0.15) is 24.8 Å². The highest BCUT2D eigenvalue weighted by molar-refractivity contribution is 5.76. The van der Waals surface area contributed by atoms with Crippen LogP contribution in [0.5, 0.6) is 0 Å². The van der Waals surface area contributed by atoms with E-state index in [1.54, 1.807) is 6.07 Å². The first-order valence-corrected chi connectivity index (χ1v) is 8.88. The lowest BCUT2D eigenvalue weighted by Gasteiger charge is -2.33. The fourth-order valence-electron chi connectivity index (χ4n) is 3.38. The lowest BCUT2D eigenvalue weighted by Crippen LogP contribution is -2.46. The van der Waals surface area contributed by atoms with Gasteiger partial charge in [0.25, 0.3) is 0 Å². The summed E-state index contributed by atoms with van der Waals surface area (Å²) < 4.78 is 31.8. The zero-order valence-corrected chi connectivity index (χ0v) is 14.3. The molecule has 1 aromatic carbocycles. The maximum absolute atomic E-state index is 13.3. The number of hydrogen-bond acceptors (Lipinski definition) is 4. The van der Waals surface area contributed by atoms with E-state index in [2.05, 4.69) is 15.5 Å². The van der Waals surface area contributed by atoms with Crippen LogP contribution in [-0.4, -0.2) is 55.7 Å². The Bertz CT molecular complexity index is 586. The van der Waals surface area contributed by atoms with E-state index in [0.29, 0.717) is 19.6 Å². The van der Waals surface area contributed by atoms with Crippen molar-refractivity contribution in [2.45, 2.75) is 38.0 Å². The Morgan fingerprint density at radius 2 is 2.08 bits per heavy atom. The lowest BCUT2D eigenvalue weighted by atomic mass is 10.0. The Morgan fingerprint density at radius 3 is 2.76 bits per heavy atom. The molecule has 2 saturated heterocycles. The Morgan fingerprint density at radius 1 is 1.28 bits per heavy atom. The summed E-state index contributed by atoms with van der Waals surface area (Å²) in [6.07, 6.45) is 2.07. The molecule has 1 amide bonds. The molecular weight excluding hydrogens is 328 g/mol. The van der Waals surface area contributed by atoms with Crippen LogP contribution in [0.2, 0.25) is 0 Å². The van der Waals surface area contributed by atoms with Gasteiger partial charge < -0.3 is 15.4 Å². The van der Waals surface area contributed by atoms with E-state index in [-0.39, 0.29) is 18.1 Å². The molecule has 2 aliphatic heterocycles. The topological polar surface area (TPSA) is 53.6 Å². The number of morpholine rings is 1. The third kappa shape index (κ3) is 5.45. The molecule has 2 heterocycles. The summed E-state index contributed by atoms with van der Waals surface area (Å²) in [6.45, 7) is 4.46. The Balaban J connectivity index is 1.39. The molecule has 0 bridgehead atoms. The molecular formula is C18H25F2N3O2. The quantitative estimate of drug-likeness (QED) is 0.841. The molecule has 7 heteroatoms. The van der Waals surface area contributed by atoms with Crippen molar-refractivity contribution in [2.75, 3.05) is 32.8 Å². The summed E-state index contributed by atoms with van der Waals surface area (Å²) in [5.74, 6) is -1.59. The maximum Gasteiger partial charge on any atom is 0.222 e. The third-order valence-electron chi connectivity index (χ3n) is 4.76. The van der Waals surface area contributed by atoms with Crippen molar-refractivity contribution in [2.24, 2.45) is 0 Å². The van der Waals surface area contributed by atoms with Crippen molar-refractivity contribution in [1.29, 1.82) is 0 Å². The fraction of sp³-hybridized carbons (Fsp3) is 0.611. The van der Waals surface area contributed by atoms with Crippen molar-refractivity contribution < 1.29 is 18.3 Å². The zero-order valence-electron chi connectivity index (χ0n) is 14.3. The summed E-state index contributed by atoms with van der Waals surface area (Å²) in [5, 5.41) is 6.30. The predicted molar refractivity (Wildman–Crippen MR) is 90.0 cm³/mol. The Kier molecular flexibility index (Phi) is 6.34. The average Bonchev–Trinajstić information content (AvgIpc) is 2.61. The second kappa shape index (κ2) is 8.69. The Labute approximate surface area is 146 Å². The van der Waals surface area contributed by atoms with E-state index in [1.807, 2.05) is 0 Å². The fourth-order valence-corrected chi connectivity index (χ4v) is 3.38. The highest BCUT2D eigenvalue weighted by atomic mass is 19.2. The van der Waals surface area contributed by atoms with Gasteiger partial charge in [-0.2, -0.15) is 0 Å². The first-order chi connectivity index (χ1) is 12.1. The van der Waals surface area contributed by atoms with Crippen LogP contribution in [0.25, 0.3) is 0 Å².